The van der Waals surface area contributed by atoms with Gasteiger partial charge in [0.25, 0.3) is 0 Å². The van der Waals surface area contributed by atoms with Crippen molar-refractivity contribution in [3.05, 3.63) is 47.8 Å². The fourth-order valence-corrected chi connectivity index (χ4v) is 1.10. The normalized spacial score (nSPS) is 13.7. The predicted molar refractivity (Wildman–Crippen MR) is 48.5 cm³/mol. The van der Waals surface area contributed by atoms with Crippen molar-refractivity contribution in [2.45, 2.75) is 12.2 Å². The highest BCUT2D eigenvalue weighted by molar-refractivity contribution is 5.30. The van der Waals surface area contributed by atoms with Crippen LogP contribution in [0, 0.1) is 5.82 Å². The van der Waals surface area contributed by atoms with Gasteiger partial charge in [0, 0.05) is 6.04 Å². The van der Waals surface area contributed by atoms with E-state index in [0.717, 1.165) is 6.07 Å². The molecule has 0 bridgehead atoms. The standard InChI is InChI=1S/C10H9F4N/c1-2-9(15)6-3-4-8(11)7(5-6)10(12,13)14/h2-5,9H,1,15H2/t9-/m0/s1. The third kappa shape index (κ3) is 2.56. The van der Waals surface area contributed by atoms with Crippen molar-refractivity contribution in [1.82, 2.24) is 0 Å². The van der Waals surface area contributed by atoms with Crippen molar-refractivity contribution in [3.8, 4) is 0 Å². The Balaban J connectivity index is 3.22. The maximum absolute atomic E-state index is 12.8. The Morgan fingerprint density at radius 1 is 1.33 bits per heavy atom. The Hall–Kier alpha value is -1.36. The second kappa shape index (κ2) is 4.02. The highest BCUT2D eigenvalue weighted by atomic mass is 19.4. The molecular weight excluding hydrogens is 210 g/mol. The molecule has 5 heteroatoms. The summed E-state index contributed by atoms with van der Waals surface area (Å²) in [5.74, 6) is -1.30. The van der Waals surface area contributed by atoms with Gasteiger partial charge < -0.3 is 5.73 Å². The van der Waals surface area contributed by atoms with Crippen LogP contribution in [0.4, 0.5) is 17.6 Å². The van der Waals surface area contributed by atoms with Gasteiger partial charge in [-0.2, -0.15) is 13.2 Å². The van der Waals surface area contributed by atoms with Gasteiger partial charge in [-0.3, -0.25) is 0 Å². The van der Waals surface area contributed by atoms with Crippen LogP contribution in [0.3, 0.4) is 0 Å². The number of rotatable bonds is 2. The fourth-order valence-electron chi connectivity index (χ4n) is 1.10. The maximum atomic E-state index is 12.8. The third-order valence-electron chi connectivity index (χ3n) is 1.93. The smallest absolute Gasteiger partial charge is 0.321 e. The van der Waals surface area contributed by atoms with E-state index in [4.69, 9.17) is 5.73 Å². The summed E-state index contributed by atoms with van der Waals surface area (Å²) in [5, 5.41) is 0. The first-order valence-electron chi connectivity index (χ1n) is 4.11. The molecule has 1 nitrogen and oxygen atoms in total. The van der Waals surface area contributed by atoms with E-state index in [9.17, 15) is 17.6 Å². The molecule has 2 N–H and O–H groups in total. The minimum atomic E-state index is -4.71. The molecule has 0 heterocycles. The molecule has 0 radical (unpaired) electrons. The molecular formula is C10H9F4N. The Kier molecular flexibility index (Phi) is 3.14. The number of hydrogen-bond acceptors (Lipinski definition) is 1. The lowest BCUT2D eigenvalue weighted by atomic mass is 10.0. The van der Waals surface area contributed by atoms with Crippen LogP contribution in [0.25, 0.3) is 0 Å². The first-order chi connectivity index (χ1) is 6.86. The molecule has 15 heavy (non-hydrogen) atoms. The maximum Gasteiger partial charge on any atom is 0.419 e. The molecule has 1 aromatic rings. The Labute approximate surface area is 84.2 Å². The summed E-state index contributed by atoms with van der Waals surface area (Å²) in [6.45, 7) is 3.35. The summed E-state index contributed by atoms with van der Waals surface area (Å²) < 4.78 is 49.7. The molecule has 1 atom stereocenters. The topological polar surface area (TPSA) is 26.0 Å². The Morgan fingerprint density at radius 2 is 1.93 bits per heavy atom. The monoisotopic (exact) mass is 219 g/mol. The zero-order valence-corrected chi connectivity index (χ0v) is 7.68. The molecule has 0 aliphatic carbocycles. The van der Waals surface area contributed by atoms with E-state index in [0.29, 0.717) is 6.07 Å². The highest BCUT2D eigenvalue weighted by Gasteiger charge is 2.34. The minimum Gasteiger partial charge on any atom is -0.321 e. The van der Waals surface area contributed by atoms with E-state index in [2.05, 4.69) is 6.58 Å². The van der Waals surface area contributed by atoms with Crippen LogP contribution in [-0.2, 0) is 6.18 Å². The van der Waals surface area contributed by atoms with Crippen LogP contribution in [-0.4, -0.2) is 0 Å². The third-order valence-corrected chi connectivity index (χ3v) is 1.93. The Bertz CT molecular complexity index is 370. The van der Waals surface area contributed by atoms with Crippen molar-refractivity contribution >= 4 is 0 Å². The molecule has 0 spiro atoms. The van der Waals surface area contributed by atoms with Crippen molar-refractivity contribution in [2.75, 3.05) is 0 Å². The predicted octanol–water partition coefficient (Wildman–Crippen LogP) is 3.03. The molecule has 0 unspecified atom stereocenters. The van der Waals surface area contributed by atoms with Gasteiger partial charge in [0.1, 0.15) is 5.82 Å². The molecule has 1 aromatic carbocycles. The van der Waals surface area contributed by atoms with E-state index in [1.54, 1.807) is 0 Å². The number of benzene rings is 1. The number of alkyl halides is 3. The molecule has 82 valence electrons. The first-order valence-corrected chi connectivity index (χ1v) is 4.11. The van der Waals surface area contributed by atoms with Crippen molar-refractivity contribution < 1.29 is 17.6 Å². The lowest BCUT2D eigenvalue weighted by molar-refractivity contribution is -0.140. The fraction of sp³-hybridized carbons (Fsp3) is 0.200. The summed E-state index contributed by atoms with van der Waals surface area (Å²) in [6, 6.07) is 1.92. The van der Waals surface area contributed by atoms with E-state index in [1.807, 2.05) is 0 Å². The van der Waals surface area contributed by atoms with Gasteiger partial charge >= 0.3 is 6.18 Å². The van der Waals surface area contributed by atoms with Crippen molar-refractivity contribution in [3.63, 3.8) is 0 Å². The lowest BCUT2D eigenvalue weighted by Gasteiger charge is -2.12. The summed E-state index contributed by atoms with van der Waals surface area (Å²) in [5.41, 5.74) is 4.32. The molecule has 0 saturated carbocycles. The van der Waals surface area contributed by atoms with Crippen LogP contribution < -0.4 is 5.73 Å². The van der Waals surface area contributed by atoms with Gasteiger partial charge in [0.15, 0.2) is 0 Å². The largest absolute Gasteiger partial charge is 0.419 e. The molecule has 0 aliphatic heterocycles. The van der Waals surface area contributed by atoms with Gasteiger partial charge in [-0.1, -0.05) is 12.1 Å². The van der Waals surface area contributed by atoms with Gasteiger partial charge in [-0.15, -0.1) is 6.58 Å². The minimum absolute atomic E-state index is 0.179. The van der Waals surface area contributed by atoms with Crippen LogP contribution in [0.5, 0.6) is 0 Å². The average molecular weight is 219 g/mol. The second-order valence-corrected chi connectivity index (χ2v) is 3.00. The summed E-state index contributed by atoms with van der Waals surface area (Å²) >= 11 is 0. The Morgan fingerprint density at radius 3 is 2.40 bits per heavy atom. The lowest BCUT2D eigenvalue weighted by Crippen LogP contribution is -2.12. The van der Waals surface area contributed by atoms with Gasteiger partial charge in [-0.05, 0) is 17.7 Å². The van der Waals surface area contributed by atoms with Gasteiger partial charge in [0.05, 0.1) is 5.56 Å². The summed E-state index contributed by atoms with van der Waals surface area (Å²) in [7, 11) is 0. The van der Waals surface area contributed by atoms with Crippen LogP contribution in [0.2, 0.25) is 0 Å². The molecule has 0 aromatic heterocycles. The average Bonchev–Trinajstić information content (AvgIpc) is 2.15. The van der Waals surface area contributed by atoms with Crippen molar-refractivity contribution in [2.24, 2.45) is 5.73 Å². The van der Waals surface area contributed by atoms with Gasteiger partial charge in [0.2, 0.25) is 0 Å². The summed E-state index contributed by atoms with van der Waals surface area (Å²) in [4.78, 5) is 0. The second-order valence-electron chi connectivity index (χ2n) is 3.00. The van der Waals surface area contributed by atoms with Crippen LogP contribution >= 0.6 is 0 Å². The van der Waals surface area contributed by atoms with Gasteiger partial charge in [-0.25, -0.2) is 4.39 Å². The molecule has 0 amide bonds. The number of hydrogen-bond donors (Lipinski definition) is 1. The zero-order valence-electron chi connectivity index (χ0n) is 7.68. The number of nitrogens with two attached hydrogens (primary N) is 1. The van der Waals surface area contributed by atoms with E-state index >= 15 is 0 Å². The van der Waals surface area contributed by atoms with Crippen molar-refractivity contribution in [1.29, 1.82) is 0 Å². The highest BCUT2D eigenvalue weighted by Crippen LogP contribution is 2.32. The zero-order chi connectivity index (χ0) is 11.6. The molecule has 0 saturated heterocycles. The molecule has 0 aliphatic rings. The quantitative estimate of drug-likeness (QED) is 0.600. The molecule has 1 rings (SSSR count). The van der Waals surface area contributed by atoms with E-state index < -0.39 is 23.6 Å². The first kappa shape index (κ1) is 11.7. The van der Waals surface area contributed by atoms with E-state index in [-0.39, 0.29) is 5.56 Å². The SMILES string of the molecule is C=C[C@H](N)c1ccc(F)c(C(F)(F)F)c1. The number of halogens is 4. The van der Waals surface area contributed by atoms with Crippen LogP contribution in [0.1, 0.15) is 17.2 Å². The van der Waals surface area contributed by atoms with Crippen LogP contribution in [0.15, 0.2) is 30.9 Å². The molecule has 0 fully saturated rings. The summed E-state index contributed by atoms with van der Waals surface area (Å²) in [6.07, 6.45) is -3.42. The van der Waals surface area contributed by atoms with E-state index in [1.165, 1.54) is 12.1 Å².